The SMILES string of the molecule is NC1(C(=O)N[C@H](Cc2ccccc2)C(=O)NCC2CCN(CC3CCOCC3)CC2)CCCC1.O=C(O)c1cc2cccc(I)c2s1. The summed E-state index contributed by atoms with van der Waals surface area (Å²) in [6.45, 7) is 5.83. The van der Waals surface area contributed by atoms with Gasteiger partial charge in [-0.2, -0.15) is 0 Å². The number of nitrogens with zero attached hydrogens (tertiary/aromatic N) is 1. The smallest absolute Gasteiger partial charge is 0.345 e. The van der Waals surface area contributed by atoms with E-state index in [1.807, 2.05) is 48.5 Å². The van der Waals surface area contributed by atoms with Gasteiger partial charge in [0.25, 0.3) is 0 Å². The third-order valence-electron chi connectivity index (χ3n) is 9.69. The Morgan fingerprint density at radius 3 is 2.36 bits per heavy atom. The first kappa shape index (κ1) is 35.7. The van der Waals surface area contributed by atoms with Gasteiger partial charge in [0.1, 0.15) is 10.9 Å². The van der Waals surface area contributed by atoms with Gasteiger partial charge in [-0.1, -0.05) is 55.3 Å². The second-order valence-corrected chi connectivity index (χ2v) is 15.4. The Morgan fingerprint density at radius 1 is 1.00 bits per heavy atom. The van der Waals surface area contributed by atoms with E-state index in [1.54, 1.807) is 6.07 Å². The van der Waals surface area contributed by atoms with Crippen LogP contribution in [0.2, 0.25) is 0 Å². The number of nitrogens with two attached hydrogens (primary N) is 1. The van der Waals surface area contributed by atoms with Crippen LogP contribution in [0.15, 0.2) is 54.6 Å². The summed E-state index contributed by atoms with van der Waals surface area (Å²) in [6.07, 6.45) is 8.33. The minimum atomic E-state index is -0.850. The maximum atomic E-state index is 13.2. The van der Waals surface area contributed by atoms with E-state index < -0.39 is 17.6 Å². The van der Waals surface area contributed by atoms with Crippen LogP contribution in [0, 0.1) is 15.4 Å². The minimum Gasteiger partial charge on any atom is -0.477 e. The molecule has 0 spiro atoms. The first-order chi connectivity index (χ1) is 22.7. The number of halogens is 1. The number of carbonyl (C=O) groups is 3. The van der Waals surface area contributed by atoms with Crippen LogP contribution in [0.3, 0.4) is 0 Å². The summed E-state index contributed by atoms with van der Waals surface area (Å²) >= 11 is 3.54. The van der Waals surface area contributed by atoms with Gasteiger partial charge in [-0.25, -0.2) is 4.79 Å². The first-order valence-electron chi connectivity index (χ1n) is 16.8. The van der Waals surface area contributed by atoms with E-state index in [2.05, 4.69) is 38.1 Å². The molecular weight excluding hydrogens is 727 g/mol. The van der Waals surface area contributed by atoms with Crippen molar-refractivity contribution in [3.63, 3.8) is 0 Å². The van der Waals surface area contributed by atoms with Crippen LogP contribution in [-0.2, 0) is 20.7 Å². The van der Waals surface area contributed by atoms with E-state index in [0.717, 1.165) is 77.1 Å². The van der Waals surface area contributed by atoms with Gasteiger partial charge in [0.15, 0.2) is 0 Å². The van der Waals surface area contributed by atoms with Crippen molar-refractivity contribution < 1.29 is 24.2 Å². The van der Waals surface area contributed by atoms with Crippen LogP contribution in [0.1, 0.15) is 66.6 Å². The molecule has 9 nitrogen and oxygen atoms in total. The van der Waals surface area contributed by atoms with Crippen molar-refractivity contribution in [1.29, 1.82) is 0 Å². The summed E-state index contributed by atoms with van der Waals surface area (Å²) in [5, 5.41) is 15.9. The summed E-state index contributed by atoms with van der Waals surface area (Å²) in [7, 11) is 0. The summed E-state index contributed by atoms with van der Waals surface area (Å²) in [5.41, 5.74) is 6.55. The van der Waals surface area contributed by atoms with Crippen molar-refractivity contribution in [2.75, 3.05) is 39.4 Å². The van der Waals surface area contributed by atoms with Crippen molar-refractivity contribution in [2.24, 2.45) is 17.6 Å². The van der Waals surface area contributed by atoms with Crippen LogP contribution in [-0.4, -0.2) is 78.8 Å². The molecule has 2 aromatic carbocycles. The molecule has 254 valence electrons. The number of piperidine rings is 1. The molecule has 3 heterocycles. The fraction of sp³-hybridized carbons (Fsp3) is 0.528. The quantitative estimate of drug-likeness (QED) is 0.202. The zero-order chi connectivity index (χ0) is 33.2. The zero-order valence-electron chi connectivity index (χ0n) is 26.9. The Balaban J connectivity index is 0.000000277. The van der Waals surface area contributed by atoms with Crippen molar-refractivity contribution in [1.82, 2.24) is 15.5 Å². The fourth-order valence-electron chi connectivity index (χ4n) is 6.76. The molecule has 11 heteroatoms. The monoisotopic (exact) mass is 774 g/mol. The average molecular weight is 775 g/mol. The average Bonchev–Trinajstić information content (AvgIpc) is 3.74. The van der Waals surface area contributed by atoms with Crippen LogP contribution in [0.4, 0.5) is 0 Å². The predicted molar refractivity (Wildman–Crippen MR) is 195 cm³/mol. The Kier molecular flexibility index (Phi) is 13.1. The van der Waals surface area contributed by atoms with Crippen LogP contribution < -0.4 is 16.4 Å². The fourth-order valence-corrected chi connectivity index (χ4v) is 8.52. The summed E-state index contributed by atoms with van der Waals surface area (Å²) in [4.78, 5) is 39.8. The van der Waals surface area contributed by atoms with Gasteiger partial charge in [-0.05, 0) is 109 Å². The number of benzene rings is 2. The van der Waals surface area contributed by atoms with Crippen molar-refractivity contribution in [3.8, 4) is 0 Å². The number of amides is 2. The lowest BCUT2D eigenvalue weighted by molar-refractivity contribution is -0.132. The number of aromatic carboxylic acids is 1. The van der Waals surface area contributed by atoms with Gasteiger partial charge >= 0.3 is 5.97 Å². The number of rotatable bonds is 10. The number of likely N-dealkylation sites (tertiary alicyclic amines) is 1. The molecular formula is C36H47IN4O5S. The maximum absolute atomic E-state index is 13.2. The molecule has 1 saturated carbocycles. The van der Waals surface area contributed by atoms with Crippen LogP contribution in [0.5, 0.6) is 0 Å². The number of carboxylic acid groups (broad SMARTS) is 1. The highest BCUT2D eigenvalue weighted by Crippen LogP contribution is 2.30. The molecule has 3 aliphatic rings. The number of hydrogen-bond donors (Lipinski definition) is 4. The molecule has 0 bridgehead atoms. The molecule has 2 amide bonds. The van der Waals surface area contributed by atoms with E-state index in [-0.39, 0.29) is 11.8 Å². The topological polar surface area (TPSA) is 134 Å². The molecule has 5 N–H and O–H groups in total. The highest BCUT2D eigenvalue weighted by molar-refractivity contribution is 14.1. The maximum Gasteiger partial charge on any atom is 0.345 e. The van der Waals surface area contributed by atoms with E-state index in [0.29, 0.717) is 36.6 Å². The highest BCUT2D eigenvalue weighted by atomic mass is 127. The van der Waals surface area contributed by atoms with Crippen molar-refractivity contribution >= 4 is 61.8 Å². The van der Waals surface area contributed by atoms with E-state index >= 15 is 0 Å². The molecule has 3 aromatic rings. The Labute approximate surface area is 295 Å². The Bertz CT molecular complexity index is 1480. The number of hydrogen-bond acceptors (Lipinski definition) is 7. The summed E-state index contributed by atoms with van der Waals surface area (Å²) in [5.74, 6) is 0.0969. The normalized spacial score (nSPS) is 19.4. The van der Waals surface area contributed by atoms with E-state index in [4.69, 9.17) is 15.6 Å². The van der Waals surface area contributed by atoms with Gasteiger partial charge in [0.2, 0.25) is 11.8 Å². The highest BCUT2D eigenvalue weighted by Gasteiger charge is 2.39. The number of nitrogens with one attached hydrogen (secondary N) is 2. The minimum absolute atomic E-state index is 0.108. The van der Waals surface area contributed by atoms with Gasteiger partial charge in [-0.15, -0.1) is 11.3 Å². The summed E-state index contributed by atoms with van der Waals surface area (Å²) in [6, 6.07) is 16.8. The molecule has 1 aliphatic carbocycles. The Hall–Kier alpha value is -2.58. The van der Waals surface area contributed by atoms with E-state index in [9.17, 15) is 14.4 Å². The van der Waals surface area contributed by atoms with Gasteiger partial charge in [-0.3, -0.25) is 9.59 Å². The molecule has 47 heavy (non-hydrogen) atoms. The van der Waals surface area contributed by atoms with Crippen molar-refractivity contribution in [2.45, 2.75) is 69.4 Å². The molecule has 3 fully saturated rings. The molecule has 2 aliphatic heterocycles. The third-order valence-corrected chi connectivity index (χ3v) is 12.1. The largest absolute Gasteiger partial charge is 0.477 e. The third kappa shape index (κ3) is 10.2. The molecule has 2 saturated heterocycles. The predicted octanol–water partition coefficient (Wildman–Crippen LogP) is 5.44. The van der Waals surface area contributed by atoms with Gasteiger partial charge < -0.3 is 31.1 Å². The lowest BCUT2D eigenvalue weighted by atomic mass is 9.93. The lowest BCUT2D eigenvalue weighted by Crippen LogP contribution is -2.58. The zero-order valence-corrected chi connectivity index (χ0v) is 29.9. The first-order valence-corrected chi connectivity index (χ1v) is 18.7. The number of fused-ring (bicyclic) bond motifs is 1. The number of ether oxygens (including phenoxy) is 1. The van der Waals surface area contributed by atoms with Crippen LogP contribution >= 0.6 is 33.9 Å². The molecule has 1 aromatic heterocycles. The second kappa shape index (κ2) is 17.2. The number of carboxylic acids is 1. The standard InChI is InChI=1S/C27H42N4O3.C9H5IO2S/c28-27(12-4-5-13-27)26(33)30-24(18-21-6-2-1-3-7-21)25(32)29-19-22-8-14-31(15-9-22)20-23-10-16-34-17-11-23;10-6-3-1-2-5-4-7(9(11)12)13-8(5)6/h1-3,6-7,22-24H,4-5,8-20,28H2,(H,29,32)(H,30,33);1-4H,(H,11,12)/t24-;/m1./s1. The van der Waals surface area contributed by atoms with E-state index in [1.165, 1.54) is 30.7 Å². The number of carbonyl (C=O) groups excluding carboxylic acids is 2. The van der Waals surface area contributed by atoms with Gasteiger partial charge in [0.05, 0.1) is 5.54 Å². The molecule has 0 radical (unpaired) electrons. The Morgan fingerprint density at radius 2 is 1.70 bits per heavy atom. The molecule has 0 unspecified atom stereocenters. The second-order valence-electron chi connectivity index (χ2n) is 13.2. The lowest BCUT2D eigenvalue weighted by Gasteiger charge is -2.35. The number of thiophene rings is 1. The molecule has 6 rings (SSSR count). The van der Waals surface area contributed by atoms with Crippen LogP contribution in [0.25, 0.3) is 10.1 Å². The van der Waals surface area contributed by atoms with Gasteiger partial charge in [0, 0.05) is 41.0 Å². The van der Waals surface area contributed by atoms with Crippen molar-refractivity contribution in [3.05, 3.63) is 68.6 Å². The molecule has 1 atom stereocenters. The summed E-state index contributed by atoms with van der Waals surface area (Å²) < 4.78 is 7.64.